The molecule has 1 fully saturated rings. The number of nitrogens with zero attached hydrogens (tertiary/aromatic N) is 2. The molecule has 1 aliphatic rings. The molecule has 0 unspecified atom stereocenters. The number of ether oxygens (including phenoxy) is 1. The lowest BCUT2D eigenvalue weighted by atomic mass is 10.2. The van der Waals surface area contributed by atoms with Gasteiger partial charge < -0.3 is 4.74 Å². The number of hydrogen-bond donors (Lipinski definition) is 0. The fourth-order valence-corrected chi connectivity index (χ4v) is 5.48. The van der Waals surface area contributed by atoms with Crippen LogP contribution in [0.15, 0.2) is 55.3 Å². The summed E-state index contributed by atoms with van der Waals surface area (Å²) < 4.78 is 33.9. The Morgan fingerprint density at radius 3 is 2.54 bits per heavy atom. The third kappa shape index (κ3) is 3.84. The Labute approximate surface area is 160 Å². The number of thiophene rings is 1. The molecule has 0 aliphatic carbocycles. The van der Waals surface area contributed by atoms with Crippen LogP contribution < -0.4 is 4.74 Å². The summed E-state index contributed by atoms with van der Waals surface area (Å²) in [6.45, 7) is 2.12. The minimum absolute atomic E-state index is 0.154. The van der Waals surface area contributed by atoms with E-state index < -0.39 is 10.0 Å². The number of carbonyl (C=O) groups excluding carboxylic acids is 1. The van der Waals surface area contributed by atoms with Gasteiger partial charge in [-0.05, 0) is 53.9 Å². The van der Waals surface area contributed by atoms with Crippen LogP contribution in [0.2, 0.25) is 0 Å². The van der Waals surface area contributed by atoms with Gasteiger partial charge in [-0.25, -0.2) is 0 Å². The first kappa shape index (κ1) is 18.7. The fourth-order valence-electron chi connectivity index (χ4n) is 2.26. The van der Waals surface area contributed by atoms with E-state index in [1.54, 1.807) is 43.7 Å². The molecular formula is C17H16N2O4S3. The van der Waals surface area contributed by atoms with Crippen molar-refractivity contribution >= 4 is 50.3 Å². The van der Waals surface area contributed by atoms with E-state index in [2.05, 4.69) is 4.40 Å². The predicted molar refractivity (Wildman–Crippen MR) is 105 cm³/mol. The van der Waals surface area contributed by atoms with E-state index in [0.29, 0.717) is 11.4 Å². The van der Waals surface area contributed by atoms with Crippen LogP contribution in [0, 0.1) is 0 Å². The monoisotopic (exact) mass is 408 g/mol. The summed E-state index contributed by atoms with van der Waals surface area (Å²) in [5, 5.41) is 1.85. The van der Waals surface area contributed by atoms with Crippen molar-refractivity contribution in [2.75, 3.05) is 13.7 Å². The van der Waals surface area contributed by atoms with Crippen molar-refractivity contribution < 1.29 is 17.9 Å². The number of hydrogen-bond acceptors (Lipinski definition) is 6. The van der Waals surface area contributed by atoms with Crippen LogP contribution in [0.1, 0.15) is 12.5 Å². The standard InChI is InChI=1S/C17H16N2O4S3/c1-3-19-16(20)14(11-12-6-8-13(23-2)9-7-12)25-17(19)18-26(21,22)15-5-4-10-24-15/h4-11H,3H2,1-2H3/b14-11-,18-17-. The van der Waals surface area contributed by atoms with Crippen LogP contribution in [0.4, 0.5) is 0 Å². The Kier molecular flexibility index (Phi) is 5.49. The summed E-state index contributed by atoms with van der Waals surface area (Å²) in [4.78, 5) is 14.4. The zero-order chi connectivity index (χ0) is 18.7. The Morgan fingerprint density at radius 1 is 1.23 bits per heavy atom. The summed E-state index contributed by atoms with van der Waals surface area (Å²) in [6, 6.07) is 10.4. The van der Waals surface area contributed by atoms with Crippen LogP contribution >= 0.6 is 23.1 Å². The van der Waals surface area contributed by atoms with Crippen molar-refractivity contribution in [2.45, 2.75) is 11.1 Å². The molecule has 1 amide bonds. The quantitative estimate of drug-likeness (QED) is 0.709. The number of sulfonamides is 1. The van der Waals surface area contributed by atoms with E-state index in [4.69, 9.17) is 4.74 Å². The molecule has 0 saturated carbocycles. The molecule has 6 nitrogen and oxygen atoms in total. The molecule has 26 heavy (non-hydrogen) atoms. The first-order valence-corrected chi connectivity index (χ1v) is 10.8. The molecule has 1 aromatic heterocycles. The number of benzene rings is 1. The van der Waals surface area contributed by atoms with Crippen molar-refractivity contribution in [3.8, 4) is 5.75 Å². The summed E-state index contributed by atoms with van der Waals surface area (Å²) in [6.07, 6.45) is 1.72. The lowest BCUT2D eigenvalue weighted by Gasteiger charge is -2.11. The molecule has 136 valence electrons. The number of amides is 1. The van der Waals surface area contributed by atoms with E-state index >= 15 is 0 Å². The lowest BCUT2D eigenvalue weighted by Crippen LogP contribution is -2.29. The van der Waals surface area contributed by atoms with E-state index in [-0.39, 0.29) is 15.3 Å². The zero-order valence-corrected chi connectivity index (χ0v) is 16.5. The molecule has 0 N–H and O–H groups in total. The van der Waals surface area contributed by atoms with Gasteiger partial charge in [-0.2, -0.15) is 8.42 Å². The summed E-state index contributed by atoms with van der Waals surface area (Å²) >= 11 is 2.16. The van der Waals surface area contributed by atoms with Crippen molar-refractivity contribution in [1.29, 1.82) is 0 Å². The van der Waals surface area contributed by atoms with E-state index in [1.165, 1.54) is 11.0 Å². The normalized spacial score (nSPS) is 18.1. The Balaban J connectivity index is 1.93. The van der Waals surface area contributed by atoms with Gasteiger partial charge in [0.05, 0.1) is 12.0 Å². The maximum atomic E-state index is 12.6. The predicted octanol–water partition coefficient (Wildman–Crippen LogP) is 3.44. The number of likely N-dealkylation sites (N-methyl/N-ethyl adjacent to an activating group) is 1. The van der Waals surface area contributed by atoms with Crippen molar-refractivity contribution in [3.63, 3.8) is 0 Å². The van der Waals surface area contributed by atoms with Crippen molar-refractivity contribution in [2.24, 2.45) is 4.40 Å². The smallest absolute Gasteiger partial charge is 0.294 e. The van der Waals surface area contributed by atoms with Crippen molar-refractivity contribution in [3.05, 3.63) is 52.2 Å². The zero-order valence-electron chi connectivity index (χ0n) is 14.1. The van der Waals surface area contributed by atoms with Crippen LogP contribution in [0.5, 0.6) is 5.75 Å². The molecule has 9 heteroatoms. The topological polar surface area (TPSA) is 76.0 Å². The average molecular weight is 409 g/mol. The molecule has 2 aromatic rings. The summed E-state index contributed by atoms with van der Waals surface area (Å²) in [5.41, 5.74) is 0.820. The first-order chi connectivity index (χ1) is 12.4. The van der Waals surface area contributed by atoms with E-state index in [1.807, 2.05) is 12.1 Å². The molecule has 0 atom stereocenters. The molecule has 0 spiro atoms. The van der Waals surface area contributed by atoms with Crippen LogP contribution in [0.25, 0.3) is 6.08 Å². The van der Waals surface area contributed by atoms with Gasteiger partial charge in [-0.3, -0.25) is 9.69 Å². The highest BCUT2D eigenvalue weighted by Gasteiger charge is 2.34. The van der Waals surface area contributed by atoms with E-state index in [9.17, 15) is 13.2 Å². The van der Waals surface area contributed by atoms with Crippen LogP contribution in [0.3, 0.4) is 0 Å². The van der Waals surface area contributed by atoms with Gasteiger partial charge in [0.25, 0.3) is 15.9 Å². The Bertz CT molecular complexity index is 962. The van der Waals surface area contributed by atoms with Gasteiger partial charge in [0.1, 0.15) is 9.96 Å². The highest BCUT2D eigenvalue weighted by atomic mass is 32.2. The van der Waals surface area contributed by atoms with Gasteiger partial charge in [0.15, 0.2) is 5.17 Å². The summed E-state index contributed by atoms with van der Waals surface area (Å²) in [5.74, 6) is 0.463. The van der Waals surface area contributed by atoms with Gasteiger partial charge in [0, 0.05) is 6.54 Å². The number of thioether (sulfide) groups is 1. The van der Waals surface area contributed by atoms with E-state index in [0.717, 1.165) is 34.4 Å². The minimum atomic E-state index is -3.82. The SMILES string of the molecule is CCN1C(=O)/C(=C/c2ccc(OC)cc2)S/C1=N\S(=O)(=O)c1cccs1. The number of rotatable bonds is 5. The summed E-state index contributed by atoms with van der Waals surface area (Å²) in [7, 11) is -2.24. The van der Waals surface area contributed by atoms with Gasteiger partial charge in [0.2, 0.25) is 0 Å². The minimum Gasteiger partial charge on any atom is -0.497 e. The third-order valence-corrected chi connectivity index (χ3v) is 7.33. The number of methoxy groups -OCH3 is 1. The van der Waals surface area contributed by atoms with Crippen LogP contribution in [-0.4, -0.2) is 38.0 Å². The second-order valence-electron chi connectivity index (χ2n) is 5.21. The maximum absolute atomic E-state index is 12.6. The third-order valence-electron chi connectivity index (χ3n) is 3.57. The molecule has 3 rings (SSSR count). The fraction of sp³-hybridized carbons (Fsp3) is 0.176. The maximum Gasteiger partial charge on any atom is 0.294 e. The second kappa shape index (κ2) is 7.65. The highest BCUT2D eigenvalue weighted by Crippen LogP contribution is 2.34. The van der Waals surface area contributed by atoms with Gasteiger partial charge in [-0.15, -0.1) is 15.7 Å². The Morgan fingerprint density at radius 2 is 1.96 bits per heavy atom. The molecule has 0 bridgehead atoms. The number of carbonyl (C=O) groups is 1. The largest absolute Gasteiger partial charge is 0.497 e. The highest BCUT2D eigenvalue weighted by molar-refractivity contribution is 8.19. The molecular weight excluding hydrogens is 392 g/mol. The second-order valence-corrected chi connectivity index (χ2v) is 9.00. The first-order valence-electron chi connectivity index (χ1n) is 7.68. The molecule has 2 heterocycles. The molecule has 0 radical (unpaired) electrons. The molecule has 1 saturated heterocycles. The van der Waals surface area contributed by atoms with Crippen molar-refractivity contribution in [1.82, 2.24) is 4.90 Å². The van der Waals surface area contributed by atoms with Gasteiger partial charge in [-0.1, -0.05) is 18.2 Å². The van der Waals surface area contributed by atoms with Gasteiger partial charge >= 0.3 is 0 Å². The van der Waals surface area contributed by atoms with Crippen LogP contribution in [-0.2, 0) is 14.8 Å². The Hall–Kier alpha value is -2.10. The molecule has 1 aromatic carbocycles. The average Bonchev–Trinajstić information content (AvgIpc) is 3.25. The number of amidine groups is 1. The molecule has 1 aliphatic heterocycles. The lowest BCUT2D eigenvalue weighted by molar-refractivity contribution is -0.122.